The fourth-order valence-electron chi connectivity index (χ4n) is 9.78. The summed E-state index contributed by atoms with van der Waals surface area (Å²) in [5, 5.41) is 16.7. The zero-order chi connectivity index (χ0) is 44.6. The summed E-state index contributed by atoms with van der Waals surface area (Å²) in [5.74, 6) is -1.27. The van der Waals surface area contributed by atoms with Crippen LogP contribution in [-0.4, -0.2) is 93.7 Å². The van der Waals surface area contributed by atoms with Gasteiger partial charge in [-0.2, -0.15) is 0 Å². The molecule has 6 bridgehead atoms. The van der Waals surface area contributed by atoms with Crippen LogP contribution in [0.2, 0.25) is 0 Å². The zero-order valence-electron chi connectivity index (χ0n) is 37.8. The Balaban J connectivity index is 1.34. The molecule has 1 saturated heterocycles. The second-order valence-electron chi connectivity index (χ2n) is 18.9. The number of carbonyl (C=O) groups is 4. The van der Waals surface area contributed by atoms with Gasteiger partial charge in [0.25, 0.3) is 5.91 Å². The number of hydrogen-bond acceptors (Lipinski definition) is 9. The molecule has 1 unspecified atom stereocenters. The topological polar surface area (TPSA) is 155 Å². The number of aromatic nitrogens is 2. The average Bonchev–Trinajstić information content (AvgIpc) is 3.54. The van der Waals surface area contributed by atoms with Gasteiger partial charge >= 0.3 is 5.97 Å². The van der Waals surface area contributed by atoms with Crippen molar-refractivity contribution in [2.24, 2.45) is 23.2 Å². The molecule has 3 aliphatic rings. The van der Waals surface area contributed by atoms with Crippen molar-refractivity contribution in [1.29, 1.82) is 0 Å². The largest absolute Gasteiger partial charge is 0.508 e. The Kier molecular flexibility index (Phi) is 13.2. The molecule has 1 saturated carbocycles. The van der Waals surface area contributed by atoms with E-state index in [0.717, 1.165) is 57.4 Å². The highest BCUT2D eigenvalue weighted by Crippen LogP contribution is 2.42. The number of cyclic esters (lactones) is 1. The van der Waals surface area contributed by atoms with Crippen LogP contribution in [0, 0.1) is 23.2 Å². The molecule has 3 amide bonds. The predicted molar refractivity (Wildman–Crippen MR) is 239 cm³/mol. The number of amides is 3. The molecule has 4 heterocycles. The fourth-order valence-corrected chi connectivity index (χ4v) is 9.78. The lowest BCUT2D eigenvalue weighted by Gasteiger charge is -2.39. The average molecular weight is 849 g/mol. The lowest BCUT2D eigenvalue weighted by molar-refractivity contribution is -0.155. The first kappa shape index (κ1) is 44.8. The third kappa shape index (κ3) is 9.11. The van der Waals surface area contributed by atoms with Crippen LogP contribution in [0.3, 0.4) is 0 Å². The number of methoxy groups -OCH3 is 1. The Bertz CT molecular complexity index is 2330. The summed E-state index contributed by atoms with van der Waals surface area (Å²) in [4.78, 5) is 62.7. The maximum absolute atomic E-state index is 14.6. The lowest BCUT2D eigenvalue weighted by atomic mass is 9.75. The van der Waals surface area contributed by atoms with Gasteiger partial charge in [0.05, 0.1) is 24.1 Å². The van der Waals surface area contributed by atoms with E-state index < -0.39 is 41.3 Å². The summed E-state index contributed by atoms with van der Waals surface area (Å²) < 4.78 is 14.2. The number of nitrogens with one attached hydrogen (secondary N) is 2. The summed E-state index contributed by atoms with van der Waals surface area (Å²) >= 11 is 0. The van der Waals surface area contributed by atoms with Gasteiger partial charge in [-0.25, -0.2) is 5.43 Å². The van der Waals surface area contributed by atoms with Crippen LogP contribution in [0.15, 0.2) is 54.7 Å². The maximum atomic E-state index is 14.6. The number of likely N-dealkylation sites (N-methyl/N-ethyl adjacent to an activating group) is 1. The van der Waals surface area contributed by atoms with Crippen molar-refractivity contribution in [2.45, 2.75) is 118 Å². The Hall–Kier alpha value is -5.27. The molecule has 62 heavy (non-hydrogen) atoms. The Morgan fingerprint density at radius 1 is 1.10 bits per heavy atom. The second kappa shape index (κ2) is 18.2. The molecule has 2 fully saturated rings. The van der Waals surface area contributed by atoms with Crippen LogP contribution in [0.1, 0.15) is 97.1 Å². The van der Waals surface area contributed by atoms with E-state index in [-0.39, 0.29) is 42.6 Å². The summed E-state index contributed by atoms with van der Waals surface area (Å²) in [6, 6.07) is 12.9. The number of nitrogens with zero attached hydrogens (tertiary/aromatic N) is 4. The molecule has 3 N–H and O–H groups in total. The molecule has 13 heteroatoms. The third-order valence-corrected chi connectivity index (χ3v) is 13.1. The first-order valence-electron chi connectivity index (χ1n) is 22.3. The molecule has 4 aromatic rings. The van der Waals surface area contributed by atoms with E-state index >= 15 is 0 Å². The number of hydrogen-bond donors (Lipinski definition) is 3. The minimum Gasteiger partial charge on any atom is -0.508 e. The Morgan fingerprint density at radius 3 is 2.55 bits per heavy atom. The van der Waals surface area contributed by atoms with Crippen molar-refractivity contribution in [3.63, 3.8) is 0 Å². The van der Waals surface area contributed by atoms with Crippen molar-refractivity contribution in [1.82, 2.24) is 30.2 Å². The highest BCUT2D eigenvalue weighted by atomic mass is 16.5. The summed E-state index contributed by atoms with van der Waals surface area (Å²) in [5.41, 5.74) is 9.76. The molecule has 2 aliphatic heterocycles. The number of rotatable bonds is 9. The van der Waals surface area contributed by atoms with E-state index in [0.29, 0.717) is 43.8 Å². The van der Waals surface area contributed by atoms with Gasteiger partial charge in [-0.05, 0) is 116 Å². The van der Waals surface area contributed by atoms with Gasteiger partial charge in [0.2, 0.25) is 11.8 Å². The van der Waals surface area contributed by atoms with Crippen LogP contribution in [0.25, 0.3) is 33.3 Å². The van der Waals surface area contributed by atoms with Gasteiger partial charge in [0, 0.05) is 67.7 Å². The van der Waals surface area contributed by atoms with Gasteiger partial charge in [0.15, 0.2) is 0 Å². The number of carbonyl (C=O) groups excluding carboxylic acids is 4. The Morgan fingerprint density at radius 2 is 1.85 bits per heavy atom. The maximum Gasteiger partial charge on any atom is 0.324 e. The summed E-state index contributed by atoms with van der Waals surface area (Å²) in [6.45, 7) is 15.3. The van der Waals surface area contributed by atoms with Crippen molar-refractivity contribution in [2.75, 3.05) is 27.3 Å². The number of hydrazine groups is 1. The van der Waals surface area contributed by atoms with Crippen molar-refractivity contribution < 1.29 is 33.8 Å². The van der Waals surface area contributed by atoms with Crippen LogP contribution < -0.4 is 10.7 Å². The van der Waals surface area contributed by atoms with Crippen molar-refractivity contribution >= 4 is 34.6 Å². The highest BCUT2D eigenvalue weighted by molar-refractivity contribution is 5.96. The molecule has 1 aliphatic carbocycles. The minimum absolute atomic E-state index is 0.0188. The lowest BCUT2D eigenvalue weighted by Crippen LogP contribution is -2.62. The molecule has 0 spiro atoms. The normalized spacial score (nSPS) is 22.6. The molecule has 2 aromatic carbocycles. The number of benzene rings is 2. The van der Waals surface area contributed by atoms with Crippen molar-refractivity contribution in [3.05, 3.63) is 71.5 Å². The third-order valence-electron chi connectivity index (χ3n) is 13.1. The molecule has 0 radical (unpaired) electrons. The number of aromatic hydroxyl groups is 1. The number of ether oxygens (including phenoxy) is 2. The first-order chi connectivity index (χ1) is 29.5. The van der Waals surface area contributed by atoms with E-state index in [1.165, 1.54) is 9.91 Å². The number of aryl methyl sites for hydroxylation is 1. The van der Waals surface area contributed by atoms with Gasteiger partial charge in [0.1, 0.15) is 23.9 Å². The standard InChI is InChI=1S/C49H64N6O7/c1-10-54-41-16-15-32-25-37(41)38(44(54)36-13-11-17-50-42(36)30(5)61-9)26-49(6,7)27-62-48(60)39-14-12-18-55(52-39)47(59)40(23-31-21-33(32)24-35(56)22-31)51-45(57)43(28(2)3)53(8)46(58)34-19-29(4)20-34/h11,13,15-17,21-22,24-25,28-30,34,39-40,43,52,56H,10,12,14,18-20,23,26-27H2,1-9H3,(H,51,57)/t29-,30-,34+,39-,40-,43?/m0/s1. The van der Waals surface area contributed by atoms with Gasteiger partial charge < -0.3 is 29.4 Å². The van der Waals surface area contributed by atoms with E-state index in [2.05, 4.69) is 61.2 Å². The molecular weight excluding hydrogens is 785 g/mol. The monoisotopic (exact) mass is 848 g/mol. The molecule has 4 atom stereocenters. The zero-order valence-corrected chi connectivity index (χ0v) is 37.8. The first-order valence-corrected chi connectivity index (χ1v) is 22.3. The van der Waals surface area contributed by atoms with Crippen LogP contribution in [0.5, 0.6) is 5.75 Å². The smallest absolute Gasteiger partial charge is 0.324 e. The van der Waals surface area contributed by atoms with Crippen molar-refractivity contribution in [3.8, 4) is 28.1 Å². The van der Waals surface area contributed by atoms with E-state index in [1.54, 1.807) is 32.5 Å². The number of phenolic OH excluding ortho intramolecular Hbond substituents is 1. The number of pyridine rings is 1. The van der Waals surface area contributed by atoms with Crippen LogP contribution >= 0.6 is 0 Å². The van der Waals surface area contributed by atoms with Gasteiger partial charge in [-0.3, -0.25) is 29.2 Å². The fraction of sp³-hybridized carbons (Fsp3) is 0.531. The van der Waals surface area contributed by atoms with Gasteiger partial charge in [-0.15, -0.1) is 0 Å². The number of esters is 1. The molecule has 332 valence electrons. The summed E-state index contributed by atoms with van der Waals surface area (Å²) in [7, 11) is 3.35. The molecule has 7 rings (SSSR count). The number of phenols is 1. The van der Waals surface area contributed by atoms with E-state index in [9.17, 15) is 24.3 Å². The highest BCUT2D eigenvalue weighted by Gasteiger charge is 2.41. The van der Waals surface area contributed by atoms with Gasteiger partial charge in [-0.1, -0.05) is 46.8 Å². The predicted octanol–water partition coefficient (Wildman–Crippen LogP) is 6.98. The SMILES string of the molecule is CCn1c(-c2cccnc2[C@H](C)OC)c2c3cc(ccc31)-c1cc(O)cc(c1)C[C@H](NC(=O)C(C(C)C)N(C)C(=O)[C@H]1C[C@@H](C)C1)C(=O)N1CCC[C@H](N1)C(=O)OCC(C)(C)C2. The van der Waals surface area contributed by atoms with Crippen LogP contribution in [0.4, 0.5) is 0 Å². The minimum atomic E-state index is -1.09. The second-order valence-corrected chi connectivity index (χ2v) is 18.9. The quantitative estimate of drug-likeness (QED) is 0.151. The van der Waals surface area contributed by atoms with E-state index in [4.69, 9.17) is 14.5 Å². The Labute approximate surface area is 365 Å². The molecule has 13 nitrogen and oxygen atoms in total. The van der Waals surface area contributed by atoms with E-state index in [1.807, 2.05) is 39.0 Å². The summed E-state index contributed by atoms with van der Waals surface area (Å²) in [6.07, 6.45) is 4.71. The molecule has 2 aromatic heterocycles. The molecular formula is C49H64N6O7. The van der Waals surface area contributed by atoms with Crippen LogP contribution in [-0.2, 0) is 48.0 Å². The number of fused-ring (bicyclic) bond motifs is 6.